The molecular weight excluding hydrogens is 333 g/mol. The standard InChI is InChI=1S/C11H16ClF3N2O3S/c1-3-8(2)20-7-9-10(21(12,18)19)6-17(16-9)5-4-11(13,14)15/h6,8H,3-5,7H2,1-2H3/t8-/m0/s1. The van der Waals surface area contributed by atoms with E-state index in [0.717, 1.165) is 10.9 Å². The molecule has 5 nitrogen and oxygen atoms in total. The summed E-state index contributed by atoms with van der Waals surface area (Å²) >= 11 is 0. The zero-order chi connectivity index (χ0) is 16.3. The highest BCUT2D eigenvalue weighted by atomic mass is 35.7. The number of aryl methyl sites for hydroxylation is 1. The first-order valence-electron chi connectivity index (χ1n) is 6.22. The molecule has 0 amide bonds. The summed E-state index contributed by atoms with van der Waals surface area (Å²) in [6.45, 7) is 3.06. The molecule has 1 rings (SSSR count). The number of ether oxygens (including phenoxy) is 1. The fourth-order valence-corrected chi connectivity index (χ4v) is 2.46. The van der Waals surface area contributed by atoms with Crippen LogP contribution in [0.2, 0.25) is 0 Å². The number of rotatable bonds is 7. The Balaban J connectivity index is 2.92. The van der Waals surface area contributed by atoms with Crippen LogP contribution >= 0.6 is 10.7 Å². The van der Waals surface area contributed by atoms with Crippen molar-refractivity contribution in [3.63, 3.8) is 0 Å². The van der Waals surface area contributed by atoms with Gasteiger partial charge in [0.2, 0.25) is 0 Å². The van der Waals surface area contributed by atoms with E-state index in [1.165, 1.54) is 0 Å². The fourth-order valence-electron chi connectivity index (χ4n) is 1.44. The van der Waals surface area contributed by atoms with Crippen molar-refractivity contribution in [2.45, 2.75) is 57.0 Å². The minimum atomic E-state index is -4.35. The quantitative estimate of drug-likeness (QED) is 0.710. The predicted molar refractivity (Wildman–Crippen MR) is 70.5 cm³/mol. The first-order valence-corrected chi connectivity index (χ1v) is 8.53. The van der Waals surface area contributed by atoms with Crippen LogP contribution in [-0.2, 0) is 26.9 Å². The Morgan fingerprint density at radius 3 is 2.57 bits per heavy atom. The Morgan fingerprint density at radius 2 is 2.10 bits per heavy atom. The molecule has 1 atom stereocenters. The molecule has 0 spiro atoms. The summed E-state index contributed by atoms with van der Waals surface area (Å²) in [4.78, 5) is -0.324. The van der Waals surface area contributed by atoms with Gasteiger partial charge in [-0.05, 0) is 13.3 Å². The maximum Gasteiger partial charge on any atom is 0.390 e. The third kappa shape index (κ3) is 6.23. The van der Waals surface area contributed by atoms with Crippen molar-refractivity contribution in [3.05, 3.63) is 11.9 Å². The molecule has 0 fully saturated rings. The van der Waals surface area contributed by atoms with Crippen molar-refractivity contribution in [2.24, 2.45) is 0 Å². The number of aromatic nitrogens is 2. The van der Waals surface area contributed by atoms with E-state index >= 15 is 0 Å². The lowest BCUT2D eigenvalue weighted by Crippen LogP contribution is -2.13. The van der Waals surface area contributed by atoms with Gasteiger partial charge in [0, 0.05) is 23.4 Å². The average molecular weight is 349 g/mol. The highest BCUT2D eigenvalue weighted by Gasteiger charge is 2.28. The van der Waals surface area contributed by atoms with Gasteiger partial charge in [-0.1, -0.05) is 6.92 Å². The predicted octanol–water partition coefficient (Wildman–Crippen LogP) is 3.08. The van der Waals surface area contributed by atoms with Crippen LogP contribution in [0.1, 0.15) is 32.4 Å². The molecule has 21 heavy (non-hydrogen) atoms. The normalized spacial score (nSPS) is 14.4. The minimum absolute atomic E-state index is 0.00692. The Hall–Kier alpha value is -0.800. The molecule has 1 heterocycles. The maximum atomic E-state index is 12.2. The first kappa shape index (κ1) is 18.2. The lowest BCUT2D eigenvalue weighted by Gasteiger charge is -2.09. The van der Waals surface area contributed by atoms with Crippen LogP contribution in [0.5, 0.6) is 0 Å². The van der Waals surface area contributed by atoms with Crippen LogP contribution in [0, 0.1) is 0 Å². The van der Waals surface area contributed by atoms with E-state index in [9.17, 15) is 21.6 Å². The van der Waals surface area contributed by atoms with E-state index in [0.29, 0.717) is 6.42 Å². The molecule has 10 heteroatoms. The smallest absolute Gasteiger partial charge is 0.372 e. The molecule has 0 aromatic carbocycles. The van der Waals surface area contributed by atoms with Gasteiger partial charge in [-0.2, -0.15) is 18.3 Å². The molecule has 0 bridgehead atoms. The largest absolute Gasteiger partial charge is 0.390 e. The van der Waals surface area contributed by atoms with Crippen molar-refractivity contribution in [2.75, 3.05) is 0 Å². The average Bonchev–Trinajstić information content (AvgIpc) is 2.76. The van der Waals surface area contributed by atoms with Crippen molar-refractivity contribution < 1.29 is 26.3 Å². The molecule has 0 aliphatic rings. The second-order valence-corrected chi connectivity index (χ2v) is 7.07. The maximum absolute atomic E-state index is 12.2. The molecule has 0 radical (unpaired) electrons. The molecule has 0 aliphatic heterocycles. The second kappa shape index (κ2) is 6.97. The molecule has 1 aromatic rings. The summed E-state index contributed by atoms with van der Waals surface area (Å²) in [6, 6.07) is 0. The Morgan fingerprint density at radius 1 is 1.48 bits per heavy atom. The SMILES string of the molecule is CC[C@H](C)OCc1nn(CCC(F)(F)F)cc1S(=O)(=O)Cl. The van der Waals surface area contributed by atoms with Gasteiger partial charge >= 0.3 is 6.18 Å². The Labute approximate surface area is 125 Å². The zero-order valence-electron chi connectivity index (χ0n) is 11.5. The van der Waals surface area contributed by atoms with Crippen molar-refractivity contribution in [3.8, 4) is 0 Å². The van der Waals surface area contributed by atoms with Gasteiger partial charge in [0.25, 0.3) is 9.05 Å². The van der Waals surface area contributed by atoms with Crippen molar-refractivity contribution in [1.82, 2.24) is 9.78 Å². The second-order valence-electron chi connectivity index (χ2n) is 4.54. The number of halogens is 4. The van der Waals surface area contributed by atoms with E-state index in [-0.39, 0.29) is 23.3 Å². The van der Waals surface area contributed by atoms with Crippen LogP contribution in [0.25, 0.3) is 0 Å². The number of hydrogen-bond donors (Lipinski definition) is 0. The summed E-state index contributed by atoms with van der Waals surface area (Å²) in [6.07, 6.45) is -3.89. The third-order valence-electron chi connectivity index (χ3n) is 2.77. The first-order chi connectivity index (χ1) is 9.53. The molecule has 0 aliphatic carbocycles. The van der Waals surface area contributed by atoms with Gasteiger partial charge in [-0.15, -0.1) is 0 Å². The van der Waals surface area contributed by atoms with Crippen LogP contribution in [0.15, 0.2) is 11.1 Å². The van der Waals surface area contributed by atoms with Crippen LogP contribution < -0.4 is 0 Å². The molecular formula is C11H16ClF3N2O3S. The lowest BCUT2D eigenvalue weighted by molar-refractivity contribution is -0.137. The van der Waals surface area contributed by atoms with Crippen LogP contribution in [0.4, 0.5) is 13.2 Å². The molecule has 0 saturated carbocycles. The Kier molecular flexibility index (Phi) is 6.06. The molecule has 122 valence electrons. The Bertz CT molecular complexity index is 572. The summed E-state index contributed by atoms with van der Waals surface area (Å²) in [5.74, 6) is 0. The van der Waals surface area contributed by atoms with E-state index in [2.05, 4.69) is 5.10 Å². The van der Waals surface area contributed by atoms with Gasteiger partial charge in [0.15, 0.2) is 0 Å². The van der Waals surface area contributed by atoms with E-state index in [1.807, 2.05) is 6.92 Å². The third-order valence-corrected chi connectivity index (χ3v) is 4.13. The van der Waals surface area contributed by atoms with Gasteiger partial charge < -0.3 is 4.74 Å². The molecule has 1 aromatic heterocycles. The number of nitrogens with zero attached hydrogens (tertiary/aromatic N) is 2. The summed E-state index contributed by atoms with van der Waals surface area (Å²) in [5, 5.41) is 3.81. The van der Waals surface area contributed by atoms with Gasteiger partial charge in [-0.3, -0.25) is 4.68 Å². The highest BCUT2D eigenvalue weighted by molar-refractivity contribution is 8.13. The highest BCUT2D eigenvalue weighted by Crippen LogP contribution is 2.23. The van der Waals surface area contributed by atoms with Crippen LogP contribution in [-0.4, -0.2) is 30.5 Å². The summed E-state index contributed by atoms with van der Waals surface area (Å²) in [7, 11) is 1.16. The minimum Gasteiger partial charge on any atom is -0.372 e. The summed E-state index contributed by atoms with van der Waals surface area (Å²) < 4.78 is 65.6. The van der Waals surface area contributed by atoms with Gasteiger partial charge in [0.05, 0.1) is 19.1 Å². The van der Waals surface area contributed by atoms with Gasteiger partial charge in [-0.25, -0.2) is 8.42 Å². The molecule has 0 saturated heterocycles. The van der Waals surface area contributed by atoms with Crippen LogP contribution in [0.3, 0.4) is 0 Å². The monoisotopic (exact) mass is 348 g/mol. The van der Waals surface area contributed by atoms with E-state index < -0.39 is 28.2 Å². The van der Waals surface area contributed by atoms with Gasteiger partial charge in [0.1, 0.15) is 10.6 Å². The topological polar surface area (TPSA) is 61.2 Å². The zero-order valence-corrected chi connectivity index (χ0v) is 13.1. The summed E-state index contributed by atoms with van der Waals surface area (Å²) in [5.41, 5.74) is 0.00692. The van der Waals surface area contributed by atoms with Crippen molar-refractivity contribution in [1.29, 1.82) is 0 Å². The molecule has 0 N–H and O–H groups in total. The van der Waals surface area contributed by atoms with Crippen molar-refractivity contribution >= 4 is 19.7 Å². The molecule has 0 unspecified atom stereocenters. The number of alkyl halides is 3. The van der Waals surface area contributed by atoms with E-state index in [1.54, 1.807) is 6.92 Å². The number of hydrogen-bond acceptors (Lipinski definition) is 4. The fraction of sp³-hybridized carbons (Fsp3) is 0.727. The lowest BCUT2D eigenvalue weighted by atomic mass is 10.3. The van der Waals surface area contributed by atoms with E-state index in [4.69, 9.17) is 15.4 Å².